The molecule has 0 heterocycles. The van der Waals surface area contributed by atoms with E-state index in [1.165, 1.54) is 0 Å². The van der Waals surface area contributed by atoms with Crippen LogP contribution in [0.1, 0.15) is 34.1 Å². The predicted octanol–water partition coefficient (Wildman–Crippen LogP) is 3.58. The van der Waals surface area contributed by atoms with E-state index < -0.39 is 0 Å². The van der Waals surface area contributed by atoms with Gasteiger partial charge in [0, 0.05) is 5.54 Å². The number of nitrogens with zero attached hydrogens (tertiary/aromatic N) is 1. The standard InChI is InChI=1S/C10H21N.2CH3.Pt/c1-6-9-10(4,5)11(7-2)8-3;;;/h6H,1,7-9H2,2-5H3;2*1H3;/q;2*-1;+2. The Hall–Kier alpha value is 0.388. The molecule has 0 N–H and O–H groups in total. The summed E-state index contributed by atoms with van der Waals surface area (Å²) in [5.41, 5.74) is 0.283. The molecule has 0 aromatic heterocycles. The van der Waals surface area contributed by atoms with E-state index in [2.05, 4.69) is 39.2 Å². The van der Waals surface area contributed by atoms with Crippen LogP contribution in [0.5, 0.6) is 0 Å². The van der Waals surface area contributed by atoms with E-state index in [-0.39, 0.29) is 41.5 Å². The van der Waals surface area contributed by atoms with E-state index in [0.29, 0.717) is 0 Å². The minimum absolute atomic E-state index is 0. The Balaban J connectivity index is -0.000000167. The molecule has 0 aliphatic heterocycles. The normalized spacial score (nSPS) is 9.50. The second-order valence-electron chi connectivity index (χ2n) is 3.48. The molecular weight excluding hydrogens is 353 g/mol. The molecule has 0 radical (unpaired) electrons. The summed E-state index contributed by atoms with van der Waals surface area (Å²) in [5.74, 6) is 0. The van der Waals surface area contributed by atoms with E-state index in [1.54, 1.807) is 0 Å². The van der Waals surface area contributed by atoms with Gasteiger partial charge in [-0.05, 0) is 33.4 Å². The first-order valence-corrected chi connectivity index (χ1v) is 4.44. The van der Waals surface area contributed by atoms with Crippen LogP contribution in [0.15, 0.2) is 12.7 Å². The quantitative estimate of drug-likeness (QED) is 0.521. The summed E-state index contributed by atoms with van der Waals surface area (Å²) in [4.78, 5) is 2.45. The molecule has 0 saturated heterocycles. The van der Waals surface area contributed by atoms with Crippen molar-refractivity contribution >= 4 is 0 Å². The Morgan fingerprint density at radius 1 is 1.14 bits per heavy atom. The van der Waals surface area contributed by atoms with Gasteiger partial charge in [-0.15, -0.1) is 6.58 Å². The van der Waals surface area contributed by atoms with Crippen LogP contribution >= 0.6 is 0 Å². The van der Waals surface area contributed by atoms with Crippen LogP contribution in [0.3, 0.4) is 0 Å². The van der Waals surface area contributed by atoms with Gasteiger partial charge in [-0.25, -0.2) is 0 Å². The third-order valence-corrected chi connectivity index (χ3v) is 2.26. The molecule has 0 rings (SSSR count). The van der Waals surface area contributed by atoms with Crippen LogP contribution in [0, 0.1) is 14.9 Å². The van der Waals surface area contributed by atoms with Crippen LogP contribution < -0.4 is 0 Å². The zero-order chi connectivity index (χ0) is 8.91. The monoisotopic (exact) mass is 380 g/mol. The van der Waals surface area contributed by atoms with Crippen LogP contribution in [0.4, 0.5) is 0 Å². The van der Waals surface area contributed by atoms with E-state index >= 15 is 0 Å². The molecule has 14 heavy (non-hydrogen) atoms. The van der Waals surface area contributed by atoms with Crippen molar-refractivity contribution in [3.8, 4) is 0 Å². The fourth-order valence-electron chi connectivity index (χ4n) is 1.56. The van der Waals surface area contributed by atoms with Gasteiger partial charge in [0.05, 0.1) is 0 Å². The molecule has 0 saturated carbocycles. The van der Waals surface area contributed by atoms with E-state index in [4.69, 9.17) is 0 Å². The van der Waals surface area contributed by atoms with Gasteiger partial charge in [0.2, 0.25) is 0 Å². The van der Waals surface area contributed by atoms with Gasteiger partial charge in [-0.1, -0.05) is 19.9 Å². The summed E-state index contributed by atoms with van der Waals surface area (Å²) in [7, 11) is 0. The molecule has 0 bridgehead atoms. The Kier molecular flexibility index (Phi) is 19.6. The van der Waals surface area contributed by atoms with Crippen molar-refractivity contribution < 1.29 is 21.1 Å². The summed E-state index contributed by atoms with van der Waals surface area (Å²) in [6.07, 6.45) is 3.06. The van der Waals surface area contributed by atoms with Gasteiger partial charge in [0.25, 0.3) is 0 Å². The molecule has 0 fully saturated rings. The largest absolute Gasteiger partial charge is 2.00 e. The molecule has 1 nitrogen and oxygen atoms in total. The van der Waals surface area contributed by atoms with E-state index in [9.17, 15) is 0 Å². The average molecular weight is 380 g/mol. The first kappa shape index (κ1) is 23.9. The number of hydrogen-bond donors (Lipinski definition) is 0. The molecule has 0 amide bonds. The summed E-state index contributed by atoms with van der Waals surface area (Å²) < 4.78 is 0. The Morgan fingerprint density at radius 2 is 1.50 bits per heavy atom. The molecule has 0 spiro atoms. The summed E-state index contributed by atoms with van der Waals surface area (Å²) in [6.45, 7) is 15.0. The minimum atomic E-state index is 0. The molecule has 2 heteroatoms. The Labute approximate surface area is 106 Å². The fraction of sp³-hybridized carbons (Fsp3) is 0.667. The second kappa shape index (κ2) is 11.5. The molecule has 0 aromatic rings. The molecule has 0 unspecified atom stereocenters. The van der Waals surface area contributed by atoms with E-state index in [0.717, 1.165) is 19.5 Å². The van der Waals surface area contributed by atoms with Gasteiger partial charge in [0.15, 0.2) is 0 Å². The first-order valence-electron chi connectivity index (χ1n) is 4.44. The van der Waals surface area contributed by atoms with Gasteiger partial charge in [0.1, 0.15) is 0 Å². The Morgan fingerprint density at radius 3 is 1.71 bits per heavy atom. The van der Waals surface area contributed by atoms with Gasteiger partial charge >= 0.3 is 21.1 Å². The van der Waals surface area contributed by atoms with Crippen LogP contribution in [0.25, 0.3) is 0 Å². The summed E-state index contributed by atoms with van der Waals surface area (Å²) in [5, 5.41) is 0. The topological polar surface area (TPSA) is 3.24 Å². The van der Waals surface area contributed by atoms with E-state index in [1.807, 2.05) is 6.08 Å². The minimum Gasteiger partial charge on any atom is -0.358 e. The molecule has 90 valence electrons. The number of hydrogen-bond acceptors (Lipinski definition) is 1. The molecule has 0 aliphatic rings. The van der Waals surface area contributed by atoms with Crippen molar-refractivity contribution in [2.75, 3.05) is 13.1 Å². The fourth-order valence-corrected chi connectivity index (χ4v) is 1.56. The molecule has 0 aliphatic carbocycles. The third kappa shape index (κ3) is 7.76. The maximum absolute atomic E-state index is 3.77. The Bertz CT molecular complexity index is 117. The van der Waals surface area contributed by atoms with Gasteiger partial charge < -0.3 is 14.9 Å². The molecular formula is C12H27NPt. The zero-order valence-corrected chi connectivity index (χ0v) is 12.9. The predicted molar refractivity (Wildman–Crippen MR) is 64.6 cm³/mol. The van der Waals surface area contributed by atoms with Crippen LogP contribution in [-0.4, -0.2) is 23.5 Å². The summed E-state index contributed by atoms with van der Waals surface area (Å²) in [6, 6.07) is 0. The van der Waals surface area contributed by atoms with Gasteiger partial charge in [-0.2, -0.15) is 0 Å². The third-order valence-electron chi connectivity index (χ3n) is 2.26. The summed E-state index contributed by atoms with van der Waals surface area (Å²) >= 11 is 0. The van der Waals surface area contributed by atoms with Crippen molar-refractivity contribution in [3.05, 3.63) is 27.5 Å². The number of rotatable bonds is 5. The smallest absolute Gasteiger partial charge is 0.358 e. The maximum atomic E-state index is 3.77. The van der Waals surface area contributed by atoms with Crippen molar-refractivity contribution in [2.24, 2.45) is 0 Å². The van der Waals surface area contributed by atoms with Crippen molar-refractivity contribution in [1.29, 1.82) is 0 Å². The van der Waals surface area contributed by atoms with Gasteiger partial charge in [-0.3, -0.25) is 4.90 Å². The second-order valence-corrected chi connectivity index (χ2v) is 3.48. The zero-order valence-electron chi connectivity index (χ0n) is 10.7. The average Bonchev–Trinajstić information content (AvgIpc) is 1.89. The van der Waals surface area contributed by atoms with Crippen molar-refractivity contribution in [1.82, 2.24) is 4.90 Å². The SMILES string of the molecule is C=CCC(C)(C)N(CC)CC.[CH3-].[CH3-].[Pt+2]. The van der Waals surface area contributed by atoms with Crippen LogP contribution in [0.2, 0.25) is 0 Å². The molecule has 0 atom stereocenters. The molecule has 0 aromatic carbocycles. The van der Waals surface area contributed by atoms with Crippen molar-refractivity contribution in [3.63, 3.8) is 0 Å². The van der Waals surface area contributed by atoms with Crippen LogP contribution in [-0.2, 0) is 21.1 Å². The first-order chi connectivity index (χ1) is 5.08. The maximum Gasteiger partial charge on any atom is 2.00 e. The van der Waals surface area contributed by atoms with Crippen molar-refractivity contribution in [2.45, 2.75) is 39.7 Å².